The molecule has 132 valence electrons. The van der Waals surface area contributed by atoms with Crippen LogP contribution in [0.3, 0.4) is 0 Å². The van der Waals surface area contributed by atoms with Gasteiger partial charge in [-0.1, -0.05) is 6.92 Å². The molecule has 24 heavy (non-hydrogen) atoms. The number of hydrogen-bond donors (Lipinski definition) is 1. The highest BCUT2D eigenvalue weighted by Crippen LogP contribution is 2.34. The Kier molecular flexibility index (Phi) is 5.25. The summed E-state index contributed by atoms with van der Waals surface area (Å²) < 4.78 is 4.35. The molecule has 1 aliphatic carbocycles. The Morgan fingerprint density at radius 2 is 1.92 bits per heavy atom. The Labute approximate surface area is 143 Å². The second kappa shape index (κ2) is 7.40. The lowest BCUT2D eigenvalue weighted by Crippen LogP contribution is -2.36. The van der Waals surface area contributed by atoms with Gasteiger partial charge in [-0.05, 0) is 33.2 Å². The van der Waals surface area contributed by atoms with Crippen LogP contribution in [0, 0.1) is 0 Å². The quantitative estimate of drug-likeness (QED) is 0.779. The molecule has 2 N–H and O–H groups in total. The number of rotatable bonds is 8. The minimum absolute atomic E-state index is 0.327. The molecule has 0 atom stereocenters. The molecule has 0 aliphatic heterocycles. The predicted molar refractivity (Wildman–Crippen MR) is 91.1 cm³/mol. The van der Waals surface area contributed by atoms with Crippen molar-refractivity contribution in [2.24, 2.45) is 5.73 Å². The molecule has 1 saturated carbocycles. The van der Waals surface area contributed by atoms with Crippen molar-refractivity contribution in [1.29, 1.82) is 0 Å². The topological polar surface area (TPSA) is 90.7 Å². The first-order chi connectivity index (χ1) is 11.6. The van der Waals surface area contributed by atoms with Crippen molar-refractivity contribution in [3.8, 4) is 0 Å². The van der Waals surface area contributed by atoms with Gasteiger partial charge in [0.1, 0.15) is 23.8 Å². The van der Waals surface area contributed by atoms with Crippen molar-refractivity contribution in [1.82, 2.24) is 34.4 Å². The summed E-state index contributed by atoms with van der Waals surface area (Å²) in [5, 5.41) is 17.1. The summed E-state index contributed by atoms with van der Waals surface area (Å²) in [5.74, 6) is 3.57. The van der Waals surface area contributed by atoms with Gasteiger partial charge in [0.05, 0.1) is 13.1 Å². The average molecular weight is 332 g/mol. The van der Waals surface area contributed by atoms with Crippen molar-refractivity contribution < 1.29 is 0 Å². The van der Waals surface area contributed by atoms with Crippen LogP contribution in [0.25, 0.3) is 0 Å². The Morgan fingerprint density at radius 3 is 2.58 bits per heavy atom. The van der Waals surface area contributed by atoms with Crippen LogP contribution >= 0.6 is 0 Å². The van der Waals surface area contributed by atoms with Gasteiger partial charge in [0.15, 0.2) is 0 Å². The van der Waals surface area contributed by atoms with Crippen molar-refractivity contribution in [2.45, 2.75) is 71.2 Å². The predicted octanol–water partition coefficient (Wildman–Crippen LogP) is 1.14. The summed E-state index contributed by atoms with van der Waals surface area (Å²) in [7, 11) is 2.08. The van der Waals surface area contributed by atoms with Gasteiger partial charge in [0, 0.05) is 25.0 Å². The summed E-state index contributed by atoms with van der Waals surface area (Å²) in [6.45, 7) is 7.65. The second-order valence-corrected chi connectivity index (χ2v) is 6.76. The summed E-state index contributed by atoms with van der Waals surface area (Å²) in [6.07, 6.45) is 4.92. The molecule has 8 nitrogen and oxygen atoms in total. The molecule has 0 unspecified atom stereocenters. The van der Waals surface area contributed by atoms with Crippen LogP contribution in [0.4, 0.5) is 0 Å². The van der Waals surface area contributed by atoms with Crippen LogP contribution in [0.2, 0.25) is 0 Å². The zero-order valence-electron chi connectivity index (χ0n) is 14.9. The molecule has 3 rings (SSSR count). The molecular formula is C16H28N8. The lowest BCUT2D eigenvalue weighted by molar-refractivity contribution is 0.288. The van der Waals surface area contributed by atoms with Gasteiger partial charge in [-0.25, -0.2) is 0 Å². The maximum atomic E-state index is 5.92. The molecule has 0 bridgehead atoms. The SMILES string of the molecule is CCCn1cnnc1CN(C)Cc1nnc(C2CC(N)C2)n1CC. The van der Waals surface area contributed by atoms with Crippen LogP contribution < -0.4 is 5.73 Å². The summed E-state index contributed by atoms with van der Waals surface area (Å²) in [6, 6.07) is 0.327. The second-order valence-electron chi connectivity index (χ2n) is 6.76. The van der Waals surface area contributed by atoms with Crippen molar-refractivity contribution >= 4 is 0 Å². The molecule has 1 fully saturated rings. The molecule has 2 heterocycles. The van der Waals surface area contributed by atoms with E-state index in [4.69, 9.17) is 5.73 Å². The zero-order valence-corrected chi connectivity index (χ0v) is 14.9. The van der Waals surface area contributed by atoms with E-state index in [1.807, 2.05) is 0 Å². The minimum Gasteiger partial charge on any atom is -0.328 e. The van der Waals surface area contributed by atoms with Crippen LogP contribution in [0.5, 0.6) is 0 Å². The summed E-state index contributed by atoms with van der Waals surface area (Å²) >= 11 is 0. The van der Waals surface area contributed by atoms with E-state index in [1.54, 1.807) is 6.33 Å². The maximum Gasteiger partial charge on any atom is 0.147 e. The summed E-state index contributed by atoms with van der Waals surface area (Å²) in [4.78, 5) is 2.21. The first kappa shape index (κ1) is 17.0. The van der Waals surface area contributed by atoms with Gasteiger partial charge >= 0.3 is 0 Å². The van der Waals surface area contributed by atoms with E-state index in [2.05, 4.69) is 55.3 Å². The fraction of sp³-hybridized carbons (Fsp3) is 0.750. The van der Waals surface area contributed by atoms with Gasteiger partial charge in [-0.3, -0.25) is 4.90 Å². The Morgan fingerprint density at radius 1 is 1.17 bits per heavy atom. The number of nitrogens with zero attached hydrogens (tertiary/aromatic N) is 7. The van der Waals surface area contributed by atoms with E-state index in [-0.39, 0.29) is 0 Å². The largest absolute Gasteiger partial charge is 0.328 e. The fourth-order valence-corrected chi connectivity index (χ4v) is 3.35. The van der Waals surface area contributed by atoms with E-state index in [0.717, 1.165) is 62.9 Å². The van der Waals surface area contributed by atoms with Crippen molar-refractivity contribution in [3.63, 3.8) is 0 Å². The molecule has 1 aliphatic rings. The molecule has 0 amide bonds. The number of hydrogen-bond acceptors (Lipinski definition) is 6. The third kappa shape index (κ3) is 3.49. The van der Waals surface area contributed by atoms with Crippen LogP contribution in [0.15, 0.2) is 6.33 Å². The van der Waals surface area contributed by atoms with Gasteiger partial charge in [0.2, 0.25) is 0 Å². The van der Waals surface area contributed by atoms with E-state index in [1.165, 1.54) is 0 Å². The van der Waals surface area contributed by atoms with E-state index in [9.17, 15) is 0 Å². The Bertz CT molecular complexity index is 655. The smallest absolute Gasteiger partial charge is 0.147 e. The summed E-state index contributed by atoms with van der Waals surface area (Å²) in [5.41, 5.74) is 5.92. The monoisotopic (exact) mass is 332 g/mol. The number of aryl methyl sites for hydroxylation is 1. The standard InChI is InChI=1S/C16H28N8/c1-4-6-23-11-18-19-14(23)9-22(3)10-15-20-21-16(24(15)5-2)12-7-13(17)8-12/h11-13H,4-10,17H2,1-3H3. The Balaban J connectivity index is 1.66. The molecule has 2 aromatic heterocycles. The first-order valence-corrected chi connectivity index (χ1v) is 8.85. The highest BCUT2D eigenvalue weighted by molar-refractivity contribution is 5.08. The van der Waals surface area contributed by atoms with Gasteiger partial charge < -0.3 is 14.9 Å². The molecular weight excluding hydrogens is 304 g/mol. The van der Waals surface area contributed by atoms with Gasteiger partial charge in [-0.15, -0.1) is 20.4 Å². The van der Waals surface area contributed by atoms with Crippen LogP contribution in [-0.4, -0.2) is 47.5 Å². The van der Waals surface area contributed by atoms with Crippen LogP contribution in [-0.2, 0) is 26.2 Å². The number of aromatic nitrogens is 6. The maximum absolute atomic E-state index is 5.92. The highest BCUT2D eigenvalue weighted by Gasteiger charge is 2.32. The number of nitrogens with two attached hydrogens (primary N) is 1. The zero-order chi connectivity index (χ0) is 17.1. The average Bonchev–Trinajstić information content (AvgIpc) is 3.11. The van der Waals surface area contributed by atoms with E-state index >= 15 is 0 Å². The molecule has 0 aromatic carbocycles. The van der Waals surface area contributed by atoms with Crippen LogP contribution in [0.1, 0.15) is 56.5 Å². The van der Waals surface area contributed by atoms with Gasteiger partial charge in [0.25, 0.3) is 0 Å². The van der Waals surface area contributed by atoms with Crippen molar-refractivity contribution in [2.75, 3.05) is 7.05 Å². The lowest BCUT2D eigenvalue weighted by Gasteiger charge is -2.31. The van der Waals surface area contributed by atoms with Crippen molar-refractivity contribution in [3.05, 3.63) is 23.8 Å². The van der Waals surface area contributed by atoms with E-state index < -0.39 is 0 Å². The third-order valence-corrected chi connectivity index (χ3v) is 4.69. The molecule has 0 saturated heterocycles. The molecule has 2 aromatic rings. The Hall–Kier alpha value is -1.80. The molecule has 8 heteroatoms. The molecule has 0 radical (unpaired) electrons. The highest BCUT2D eigenvalue weighted by atomic mass is 15.3. The normalized spacial score (nSPS) is 20.5. The minimum atomic E-state index is 0.327. The third-order valence-electron chi connectivity index (χ3n) is 4.69. The van der Waals surface area contributed by atoms with Gasteiger partial charge in [-0.2, -0.15) is 0 Å². The first-order valence-electron chi connectivity index (χ1n) is 8.85. The molecule has 0 spiro atoms. The lowest BCUT2D eigenvalue weighted by atomic mass is 9.80. The fourth-order valence-electron chi connectivity index (χ4n) is 3.35. The van der Waals surface area contributed by atoms with E-state index in [0.29, 0.717) is 12.0 Å².